The number of carbonyl (C=O) groups is 1. The van der Waals surface area contributed by atoms with Crippen LogP contribution >= 0.6 is 0 Å². The highest BCUT2D eigenvalue weighted by Crippen LogP contribution is 2.26. The van der Waals surface area contributed by atoms with E-state index in [4.69, 9.17) is 4.74 Å². The molecule has 0 aliphatic carbocycles. The van der Waals surface area contributed by atoms with E-state index in [1.807, 2.05) is 24.3 Å². The Morgan fingerprint density at radius 2 is 2.24 bits per heavy atom. The number of benzene rings is 1. The van der Waals surface area contributed by atoms with E-state index in [1.165, 1.54) is 0 Å². The van der Waals surface area contributed by atoms with Crippen LogP contribution in [0, 0.1) is 5.92 Å². The van der Waals surface area contributed by atoms with Gasteiger partial charge in [-0.1, -0.05) is 26.0 Å². The van der Waals surface area contributed by atoms with Gasteiger partial charge in [0.25, 0.3) is 0 Å². The summed E-state index contributed by atoms with van der Waals surface area (Å²) in [5.74, 6) is 1.10. The minimum atomic E-state index is -0.174. The Morgan fingerprint density at radius 3 is 2.95 bits per heavy atom. The zero-order valence-electron chi connectivity index (χ0n) is 12.7. The van der Waals surface area contributed by atoms with Gasteiger partial charge in [-0.3, -0.25) is 0 Å². The zero-order valence-corrected chi connectivity index (χ0v) is 12.7. The van der Waals surface area contributed by atoms with Crippen molar-refractivity contribution >= 4 is 11.7 Å². The van der Waals surface area contributed by atoms with Crippen molar-refractivity contribution < 1.29 is 14.6 Å². The maximum Gasteiger partial charge on any atom is 0.322 e. The Morgan fingerprint density at radius 1 is 1.48 bits per heavy atom. The van der Waals surface area contributed by atoms with Crippen molar-refractivity contribution in [2.75, 3.05) is 25.1 Å². The second kappa shape index (κ2) is 7.31. The normalized spacial score (nSPS) is 18.1. The second-order valence-electron chi connectivity index (χ2n) is 5.80. The van der Waals surface area contributed by atoms with E-state index >= 15 is 0 Å². The van der Waals surface area contributed by atoms with Crippen LogP contribution in [0.3, 0.4) is 0 Å². The van der Waals surface area contributed by atoms with E-state index in [1.54, 1.807) is 4.90 Å². The van der Waals surface area contributed by atoms with E-state index < -0.39 is 0 Å². The predicted octanol–water partition coefficient (Wildman–Crippen LogP) is 2.71. The zero-order chi connectivity index (χ0) is 15.2. The summed E-state index contributed by atoms with van der Waals surface area (Å²) in [6.07, 6.45) is 1.79. The Hall–Kier alpha value is -1.75. The van der Waals surface area contributed by atoms with Crippen molar-refractivity contribution in [3.05, 3.63) is 24.3 Å². The average molecular weight is 292 g/mol. The van der Waals surface area contributed by atoms with Gasteiger partial charge in [-0.15, -0.1) is 0 Å². The van der Waals surface area contributed by atoms with Gasteiger partial charge >= 0.3 is 6.03 Å². The summed E-state index contributed by atoms with van der Waals surface area (Å²) < 4.78 is 5.73. The third-order valence-electron chi connectivity index (χ3n) is 3.55. The minimum Gasteiger partial charge on any atom is -0.491 e. The first kappa shape index (κ1) is 15.6. The molecule has 1 saturated heterocycles. The first-order chi connectivity index (χ1) is 10.1. The monoisotopic (exact) mass is 292 g/mol. The standard InChI is InChI=1S/C16H24N2O3/c1-12(2)11-21-15-8-4-3-7-14(15)17-16(20)18-9-5-6-13(18)10-19/h3-4,7-8,12-13,19H,5-6,9-11H2,1-2H3,(H,17,20). The highest BCUT2D eigenvalue weighted by atomic mass is 16.5. The number of para-hydroxylation sites is 2. The first-order valence-electron chi connectivity index (χ1n) is 7.52. The van der Waals surface area contributed by atoms with E-state index in [-0.39, 0.29) is 18.7 Å². The van der Waals surface area contributed by atoms with Crippen LogP contribution in [-0.4, -0.2) is 41.8 Å². The molecule has 0 saturated carbocycles. The molecule has 0 bridgehead atoms. The summed E-state index contributed by atoms with van der Waals surface area (Å²) in [5.41, 5.74) is 0.673. The second-order valence-corrected chi connectivity index (χ2v) is 5.80. The van der Waals surface area contributed by atoms with Gasteiger partial charge in [0, 0.05) is 6.54 Å². The fraction of sp³-hybridized carbons (Fsp3) is 0.562. The molecule has 2 N–H and O–H groups in total. The van der Waals surface area contributed by atoms with E-state index in [0.717, 1.165) is 12.8 Å². The van der Waals surface area contributed by atoms with Crippen LogP contribution in [0.2, 0.25) is 0 Å². The van der Waals surface area contributed by atoms with Gasteiger partial charge in [-0.25, -0.2) is 4.79 Å². The molecule has 1 fully saturated rings. The molecule has 5 heteroatoms. The van der Waals surface area contributed by atoms with Crippen LogP contribution in [0.25, 0.3) is 0 Å². The highest BCUT2D eigenvalue weighted by Gasteiger charge is 2.28. The topological polar surface area (TPSA) is 61.8 Å². The number of aliphatic hydroxyl groups is 1. The molecule has 2 rings (SSSR count). The van der Waals surface area contributed by atoms with E-state index in [9.17, 15) is 9.90 Å². The number of hydrogen-bond donors (Lipinski definition) is 2. The van der Waals surface area contributed by atoms with Gasteiger partial charge in [-0.05, 0) is 30.9 Å². The minimum absolute atomic E-state index is 0.0128. The molecule has 5 nitrogen and oxygen atoms in total. The summed E-state index contributed by atoms with van der Waals surface area (Å²) in [4.78, 5) is 14.0. The van der Waals surface area contributed by atoms with Crippen LogP contribution < -0.4 is 10.1 Å². The number of aliphatic hydroxyl groups excluding tert-OH is 1. The summed E-state index contributed by atoms with van der Waals surface area (Å²) in [5, 5.41) is 12.2. The van der Waals surface area contributed by atoms with E-state index in [0.29, 0.717) is 30.5 Å². The van der Waals surface area contributed by atoms with Crippen LogP contribution in [0.15, 0.2) is 24.3 Å². The number of nitrogens with zero attached hydrogens (tertiary/aromatic N) is 1. The number of rotatable bonds is 5. The summed E-state index contributed by atoms with van der Waals surface area (Å²) in [6.45, 7) is 5.47. The molecule has 2 amide bonds. The van der Waals surface area contributed by atoms with Crippen molar-refractivity contribution in [1.29, 1.82) is 0 Å². The smallest absolute Gasteiger partial charge is 0.322 e. The number of likely N-dealkylation sites (tertiary alicyclic amines) is 1. The van der Waals surface area contributed by atoms with Gasteiger partial charge in [0.1, 0.15) is 5.75 Å². The molecule has 1 heterocycles. The quantitative estimate of drug-likeness (QED) is 0.877. The lowest BCUT2D eigenvalue weighted by Gasteiger charge is -2.24. The third kappa shape index (κ3) is 4.11. The van der Waals surface area contributed by atoms with Gasteiger partial charge in [0.05, 0.1) is 24.9 Å². The van der Waals surface area contributed by atoms with Crippen molar-refractivity contribution in [3.63, 3.8) is 0 Å². The largest absolute Gasteiger partial charge is 0.491 e. The van der Waals surface area contributed by atoms with Gasteiger partial charge in [0.15, 0.2) is 0 Å². The van der Waals surface area contributed by atoms with E-state index in [2.05, 4.69) is 19.2 Å². The molecule has 1 aromatic carbocycles. The molecule has 1 atom stereocenters. The number of anilines is 1. The van der Waals surface area contributed by atoms with Gasteiger partial charge in [-0.2, -0.15) is 0 Å². The molecule has 0 spiro atoms. The maximum absolute atomic E-state index is 12.3. The molecule has 1 unspecified atom stereocenters. The molecular formula is C16H24N2O3. The Bertz CT molecular complexity index is 476. The van der Waals surface area contributed by atoms with Crippen molar-refractivity contribution in [1.82, 2.24) is 4.90 Å². The number of nitrogens with one attached hydrogen (secondary N) is 1. The number of carbonyl (C=O) groups excluding carboxylic acids is 1. The lowest BCUT2D eigenvalue weighted by Crippen LogP contribution is -2.40. The Balaban J connectivity index is 2.03. The summed E-state index contributed by atoms with van der Waals surface area (Å²) in [6, 6.07) is 7.19. The Kier molecular flexibility index (Phi) is 5.44. The fourth-order valence-corrected chi connectivity index (χ4v) is 2.43. The molecule has 116 valence electrons. The average Bonchev–Trinajstić information content (AvgIpc) is 2.94. The van der Waals surface area contributed by atoms with Crippen molar-refractivity contribution in [3.8, 4) is 5.75 Å². The lowest BCUT2D eigenvalue weighted by molar-refractivity contribution is 0.166. The summed E-state index contributed by atoms with van der Waals surface area (Å²) in [7, 11) is 0. The van der Waals surface area contributed by atoms with Crippen LogP contribution in [0.5, 0.6) is 5.75 Å². The number of amides is 2. The van der Waals surface area contributed by atoms with Crippen molar-refractivity contribution in [2.24, 2.45) is 5.92 Å². The number of hydrogen-bond acceptors (Lipinski definition) is 3. The molecular weight excluding hydrogens is 268 g/mol. The first-order valence-corrected chi connectivity index (χ1v) is 7.52. The summed E-state index contributed by atoms with van der Waals surface area (Å²) >= 11 is 0. The van der Waals surface area contributed by atoms with Crippen LogP contribution in [0.1, 0.15) is 26.7 Å². The predicted molar refractivity (Wildman–Crippen MR) is 82.6 cm³/mol. The lowest BCUT2D eigenvalue weighted by atomic mass is 10.2. The van der Waals surface area contributed by atoms with Crippen LogP contribution in [0.4, 0.5) is 10.5 Å². The number of urea groups is 1. The molecule has 21 heavy (non-hydrogen) atoms. The molecule has 0 aromatic heterocycles. The van der Waals surface area contributed by atoms with Crippen molar-refractivity contribution in [2.45, 2.75) is 32.7 Å². The van der Waals surface area contributed by atoms with Gasteiger partial charge in [0.2, 0.25) is 0 Å². The molecule has 1 aromatic rings. The van der Waals surface area contributed by atoms with Crippen LogP contribution in [-0.2, 0) is 0 Å². The molecule has 1 aliphatic heterocycles. The number of ether oxygens (including phenoxy) is 1. The fourth-order valence-electron chi connectivity index (χ4n) is 2.43. The maximum atomic E-state index is 12.3. The molecule has 0 radical (unpaired) electrons. The Labute approximate surface area is 125 Å². The highest BCUT2D eigenvalue weighted by molar-refractivity contribution is 5.91. The van der Waals surface area contributed by atoms with Gasteiger partial charge < -0.3 is 20.1 Å². The SMILES string of the molecule is CC(C)COc1ccccc1NC(=O)N1CCCC1CO. The third-order valence-corrected chi connectivity index (χ3v) is 3.55. The molecule has 1 aliphatic rings.